The second-order valence-corrected chi connectivity index (χ2v) is 1.66. The quantitative estimate of drug-likeness (QED) is 0.421. The first-order valence-electron chi connectivity index (χ1n) is 2.66. The molecule has 0 aliphatic rings. The molecule has 3 nitrogen and oxygen atoms in total. The molecule has 0 aliphatic heterocycles. The Morgan fingerprint density at radius 2 is 1.89 bits per heavy atom. The van der Waals surface area contributed by atoms with Crippen LogP contribution in [0.5, 0.6) is 0 Å². The molecule has 0 bridgehead atoms. The van der Waals surface area contributed by atoms with Crippen LogP contribution in [0, 0.1) is 4.91 Å². The van der Waals surface area contributed by atoms with E-state index >= 15 is 0 Å². The van der Waals surface area contributed by atoms with Crippen molar-refractivity contribution >= 4 is 0 Å². The minimum atomic E-state index is 0.195. The van der Waals surface area contributed by atoms with Gasteiger partial charge in [0, 0.05) is 17.3 Å². The fraction of sp³-hybridized carbons (Fsp3) is 0.167. The third-order valence-electron chi connectivity index (χ3n) is 0.998. The van der Waals surface area contributed by atoms with Gasteiger partial charge >= 0.3 is 0 Å². The van der Waals surface area contributed by atoms with Crippen molar-refractivity contribution in [2.45, 2.75) is 6.67 Å². The van der Waals surface area contributed by atoms with Crippen molar-refractivity contribution in [3.05, 3.63) is 35.5 Å². The topological polar surface area (TPSA) is 33.3 Å². The number of aromatic nitrogens is 1. The predicted molar refractivity (Wildman–Crippen MR) is 32.4 cm³/mol. The number of nitrogens with zero attached hydrogens (tertiary/aromatic N) is 2. The first-order valence-corrected chi connectivity index (χ1v) is 2.66. The fourth-order valence-electron chi connectivity index (χ4n) is 0.595. The van der Waals surface area contributed by atoms with E-state index in [2.05, 4.69) is 5.18 Å². The molecule has 1 heterocycles. The van der Waals surface area contributed by atoms with Gasteiger partial charge in [-0.05, 0) is 0 Å². The lowest BCUT2D eigenvalue weighted by Gasteiger charge is -1.83. The summed E-state index contributed by atoms with van der Waals surface area (Å²) in [7, 11) is 0. The minimum absolute atomic E-state index is 0.195. The molecule has 0 fully saturated rings. The van der Waals surface area contributed by atoms with E-state index in [1.807, 2.05) is 18.2 Å². The molecule has 3 heteroatoms. The van der Waals surface area contributed by atoms with Gasteiger partial charge in [0.05, 0.1) is 0 Å². The van der Waals surface area contributed by atoms with Crippen LogP contribution in [0.2, 0.25) is 0 Å². The van der Waals surface area contributed by atoms with Crippen LogP contribution in [0.15, 0.2) is 35.8 Å². The summed E-state index contributed by atoms with van der Waals surface area (Å²) in [6, 6.07) is 5.59. The van der Waals surface area contributed by atoms with E-state index in [-0.39, 0.29) is 6.67 Å². The highest BCUT2D eigenvalue weighted by Gasteiger charge is 1.91. The first kappa shape index (κ1) is 5.88. The van der Waals surface area contributed by atoms with Crippen molar-refractivity contribution < 1.29 is 4.57 Å². The Bertz CT molecular complexity index is 186. The average molecular weight is 123 g/mol. The molecule has 0 N–H and O–H groups in total. The second-order valence-electron chi connectivity index (χ2n) is 1.66. The van der Waals surface area contributed by atoms with Gasteiger partial charge in [0.25, 0.3) is 6.67 Å². The summed E-state index contributed by atoms with van der Waals surface area (Å²) < 4.78 is 1.70. The van der Waals surface area contributed by atoms with Crippen molar-refractivity contribution in [2.75, 3.05) is 0 Å². The van der Waals surface area contributed by atoms with Crippen molar-refractivity contribution in [1.29, 1.82) is 0 Å². The molecule has 0 unspecified atom stereocenters. The molecule has 1 rings (SSSR count). The van der Waals surface area contributed by atoms with Gasteiger partial charge in [-0.25, -0.2) is 0 Å². The van der Waals surface area contributed by atoms with Crippen LogP contribution in [0.25, 0.3) is 0 Å². The van der Waals surface area contributed by atoms with Gasteiger partial charge in [0.2, 0.25) is 0 Å². The highest BCUT2D eigenvalue weighted by Crippen LogP contribution is 1.75. The van der Waals surface area contributed by atoms with Gasteiger partial charge in [-0.3, -0.25) is 0 Å². The Morgan fingerprint density at radius 3 is 2.44 bits per heavy atom. The summed E-state index contributed by atoms with van der Waals surface area (Å²) in [5, 5.41) is 2.72. The molecule has 0 spiro atoms. The molecule has 0 saturated heterocycles. The highest BCUT2D eigenvalue weighted by molar-refractivity contribution is 4.83. The lowest BCUT2D eigenvalue weighted by molar-refractivity contribution is -0.695. The lowest BCUT2D eigenvalue weighted by Crippen LogP contribution is -2.30. The molecule has 46 valence electrons. The number of rotatable bonds is 2. The van der Waals surface area contributed by atoms with Crippen LogP contribution in [0.3, 0.4) is 0 Å². The molecule has 0 amide bonds. The third-order valence-corrected chi connectivity index (χ3v) is 0.998. The van der Waals surface area contributed by atoms with Crippen molar-refractivity contribution in [1.82, 2.24) is 0 Å². The van der Waals surface area contributed by atoms with Crippen molar-refractivity contribution in [3.63, 3.8) is 0 Å². The third kappa shape index (κ3) is 1.60. The average Bonchev–Trinajstić information content (AvgIpc) is 1.91. The standard InChI is InChI=1S/C6H7N2O/c9-7-6-8-4-2-1-3-5-8/h1-5H,6H2/q+1. The van der Waals surface area contributed by atoms with Crippen molar-refractivity contribution in [3.8, 4) is 0 Å². The predicted octanol–water partition coefficient (Wildman–Crippen LogP) is 0.698. The van der Waals surface area contributed by atoms with Crippen LogP contribution in [0.4, 0.5) is 0 Å². The summed E-state index contributed by atoms with van der Waals surface area (Å²) in [6.45, 7) is 0.195. The van der Waals surface area contributed by atoms with Crippen molar-refractivity contribution in [2.24, 2.45) is 5.18 Å². The van der Waals surface area contributed by atoms with E-state index in [1.54, 1.807) is 17.0 Å². The maximum absolute atomic E-state index is 9.70. The number of hydrogen-bond donors (Lipinski definition) is 0. The SMILES string of the molecule is O=NC[n+]1ccccc1. The molecule has 0 radical (unpaired) electrons. The maximum atomic E-state index is 9.70. The zero-order chi connectivity index (χ0) is 6.53. The second kappa shape index (κ2) is 2.91. The highest BCUT2D eigenvalue weighted by atomic mass is 16.3. The maximum Gasteiger partial charge on any atom is 0.278 e. The van der Waals surface area contributed by atoms with E-state index in [0.29, 0.717) is 0 Å². The van der Waals surface area contributed by atoms with Crippen LogP contribution in [0.1, 0.15) is 0 Å². The van der Waals surface area contributed by atoms with Gasteiger partial charge in [-0.15, -0.1) is 4.91 Å². The molecular weight excluding hydrogens is 116 g/mol. The molecule has 0 saturated carbocycles. The molecule has 1 aromatic heterocycles. The molecule has 9 heavy (non-hydrogen) atoms. The van der Waals surface area contributed by atoms with E-state index in [4.69, 9.17) is 0 Å². The normalized spacial score (nSPS) is 8.89. The summed E-state index contributed by atoms with van der Waals surface area (Å²) in [4.78, 5) is 9.70. The minimum Gasteiger partial charge on any atom is -0.181 e. The largest absolute Gasteiger partial charge is 0.278 e. The molecular formula is C6H7N2O+. The first-order chi connectivity index (χ1) is 4.43. The summed E-state index contributed by atoms with van der Waals surface area (Å²) in [5.41, 5.74) is 0. The van der Waals surface area contributed by atoms with Gasteiger partial charge in [0.1, 0.15) is 0 Å². The van der Waals surface area contributed by atoms with E-state index < -0.39 is 0 Å². The lowest BCUT2D eigenvalue weighted by atomic mass is 10.5. The Morgan fingerprint density at radius 1 is 1.22 bits per heavy atom. The smallest absolute Gasteiger partial charge is 0.181 e. The van der Waals surface area contributed by atoms with Crippen LogP contribution in [-0.2, 0) is 6.67 Å². The zero-order valence-corrected chi connectivity index (χ0v) is 4.90. The summed E-state index contributed by atoms with van der Waals surface area (Å²) in [5.74, 6) is 0. The number of hydrogen-bond acceptors (Lipinski definition) is 2. The Labute approximate surface area is 52.9 Å². The Hall–Kier alpha value is -1.25. The number of pyridine rings is 1. The number of nitroso groups, excluding NO2 is 1. The summed E-state index contributed by atoms with van der Waals surface area (Å²) in [6.07, 6.45) is 3.59. The van der Waals surface area contributed by atoms with Gasteiger partial charge in [-0.1, -0.05) is 6.07 Å². The summed E-state index contributed by atoms with van der Waals surface area (Å²) >= 11 is 0. The van der Waals surface area contributed by atoms with E-state index in [1.165, 1.54) is 0 Å². The van der Waals surface area contributed by atoms with Gasteiger partial charge < -0.3 is 0 Å². The Kier molecular flexibility index (Phi) is 1.90. The molecule has 1 aromatic rings. The van der Waals surface area contributed by atoms with Gasteiger partial charge in [0.15, 0.2) is 12.4 Å². The van der Waals surface area contributed by atoms with Crippen LogP contribution < -0.4 is 4.57 Å². The molecule has 0 aliphatic carbocycles. The molecule has 0 atom stereocenters. The Balaban J connectivity index is 2.72. The monoisotopic (exact) mass is 123 g/mol. The van der Waals surface area contributed by atoms with Crippen LogP contribution in [-0.4, -0.2) is 0 Å². The van der Waals surface area contributed by atoms with Gasteiger partial charge in [-0.2, -0.15) is 4.57 Å². The van der Waals surface area contributed by atoms with Crippen LogP contribution >= 0.6 is 0 Å². The van der Waals surface area contributed by atoms with E-state index in [9.17, 15) is 4.91 Å². The fourth-order valence-corrected chi connectivity index (χ4v) is 0.595. The van der Waals surface area contributed by atoms with E-state index in [0.717, 1.165) is 0 Å². The molecule has 0 aromatic carbocycles. The zero-order valence-electron chi connectivity index (χ0n) is 4.90.